The fourth-order valence-corrected chi connectivity index (χ4v) is 3.08. The van der Waals surface area contributed by atoms with Gasteiger partial charge in [-0.1, -0.05) is 6.07 Å². The molecule has 1 amide bonds. The van der Waals surface area contributed by atoms with Gasteiger partial charge in [0.1, 0.15) is 5.75 Å². The van der Waals surface area contributed by atoms with Crippen LogP contribution in [0.5, 0.6) is 11.5 Å². The minimum Gasteiger partial charge on any atom is -0.465 e. The highest BCUT2D eigenvalue weighted by molar-refractivity contribution is 5.92. The van der Waals surface area contributed by atoms with E-state index in [1.165, 1.54) is 18.5 Å². The Hall–Kier alpha value is -3.59. The van der Waals surface area contributed by atoms with Crippen LogP contribution < -0.4 is 20.5 Å². The van der Waals surface area contributed by atoms with Crippen LogP contribution >= 0.6 is 0 Å². The van der Waals surface area contributed by atoms with Gasteiger partial charge in [0, 0.05) is 24.8 Å². The monoisotopic (exact) mass is 382 g/mol. The molecular formula is C19H18N4O5. The van der Waals surface area contributed by atoms with Crippen molar-refractivity contribution in [3.8, 4) is 11.5 Å². The van der Waals surface area contributed by atoms with Gasteiger partial charge in [-0.25, -0.2) is 9.78 Å². The van der Waals surface area contributed by atoms with Crippen molar-refractivity contribution in [1.29, 1.82) is 0 Å². The fourth-order valence-electron chi connectivity index (χ4n) is 3.08. The molecule has 0 unspecified atom stereocenters. The average molecular weight is 382 g/mol. The summed E-state index contributed by atoms with van der Waals surface area (Å²) in [5.41, 5.74) is 1.21. The molecule has 28 heavy (non-hydrogen) atoms. The Kier molecular flexibility index (Phi) is 4.81. The third-order valence-electron chi connectivity index (χ3n) is 4.41. The number of nitrogens with zero attached hydrogens (tertiary/aromatic N) is 2. The maximum atomic E-state index is 12.1. The van der Waals surface area contributed by atoms with Gasteiger partial charge >= 0.3 is 6.09 Å². The number of aromatic amines is 1. The Morgan fingerprint density at radius 1 is 1.25 bits per heavy atom. The number of rotatable bonds is 4. The normalized spacial score (nSPS) is 14.1. The molecule has 2 heterocycles. The predicted molar refractivity (Wildman–Crippen MR) is 104 cm³/mol. The Bertz CT molecular complexity index is 1080. The molecule has 1 aromatic heterocycles. The smallest absolute Gasteiger partial charge is 0.409 e. The summed E-state index contributed by atoms with van der Waals surface area (Å²) < 4.78 is 11.3. The van der Waals surface area contributed by atoms with Gasteiger partial charge in [0.05, 0.1) is 36.1 Å². The van der Waals surface area contributed by atoms with E-state index in [0.29, 0.717) is 29.9 Å². The maximum Gasteiger partial charge on any atom is 0.409 e. The third kappa shape index (κ3) is 3.74. The Morgan fingerprint density at radius 3 is 2.86 bits per heavy atom. The number of hydrogen-bond donors (Lipinski definition) is 3. The number of carbonyl (C=O) groups is 1. The zero-order valence-electron chi connectivity index (χ0n) is 14.8. The summed E-state index contributed by atoms with van der Waals surface area (Å²) in [6.07, 6.45) is 0.0257. The summed E-state index contributed by atoms with van der Waals surface area (Å²) in [7, 11) is 0. The van der Waals surface area contributed by atoms with Crippen molar-refractivity contribution in [2.24, 2.45) is 0 Å². The summed E-state index contributed by atoms with van der Waals surface area (Å²) in [5, 5.41) is 11.7. The van der Waals surface area contributed by atoms with E-state index in [1.807, 2.05) is 18.2 Å². The summed E-state index contributed by atoms with van der Waals surface area (Å²) in [4.78, 5) is 32.0. The van der Waals surface area contributed by atoms with Crippen LogP contribution in [0.1, 0.15) is 0 Å². The number of ether oxygens (including phenoxy) is 2. The molecular weight excluding hydrogens is 364 g/mol. The molecule has 144 valence electrons. The lowest BCUT2D eigenvalue weighted by atomic mass is 10.2. The highest BCUT2D eigenvalue weighted by Crippen LogP contribution is 2.34. The number of morpholine rings is 1. The number of benzene rings is 2. The minimum atomic E-state index is -1.24. The quantitative estimate of drug-likeness (QED) is 0.635. The van der Waals surface area contributed by atoms with Gasteiger partial charge in [-0.3, -0.25) is 10.1 Å². The van der Waals surface area contributed by atoms with Crippen LogP contribution in [0.15, 0.2) is 47.5 Å². The third-order valence-corrected chi connectivity index (χ3v) is 4.41. The zero-order valence-corrected chi connectivity index (χ0v) is 14.8. The lowest BCUT2D eigenvalue weighted by molar-refractivity contribution is 0.122. The van der Waals surface area contributed by atoms with Crippen molar-refractivity contribution in [2.75, 3.05) is 36.5 Å². The molecule has 1 aliphatic heterocycles. The number of aromatic nitrogens is 2. The molecule has 9 heteroatoms. The number of fused-ring (bicyclic) bond motifs is 1. The van der Waals surface area contributed by atoms with E-state index in [-0.39, 0.29) is 17.0 Å². The first kappa shape index (κ1) is 17.8. The van der Waals surface area contributed by atoms with Gasteiger partial charge in [-0.05, 0) is 24.3 Å². The van der Waals surface area contributed by atoms with Crippen LogP contribution in [0.25, 0.3) is 10.9 Å². The average Bonchev–Trinajstić information content (AvgIpc) is 2.70. The summed E-state index contributed by atoms with van der Waals surface area (Å²) in [5.74, 6) is 0.740. The van der Waals surface area contributed by atoms with E-state index in [2.05, 4.69) is 20.2 Å². The molecule has 0 atom stereocenters. The van der Waals surface area contributed by atoms with Gasteiger partial charge in [-0.2, -0.15) is 0 Å². The van der Waals surface area contributed by atoms with Crippen LogP contribution in [0.3, 0.4) is 0 Å². The molecule has 0 aliphatic carbocycles. The number of hydrogen-bond acceptors (Lipinski definition) is 6. The Labute approximate surface area is 159 Å². The SMILES string of the molecule is O=C(O)Nc1cc2nc[nH]c(=O)c2cc1Oc1cccc(N2CCOCC2)c1. The molecule has 2 aromatic carbocycles. The summed E-state index contributed by atoms with van der Waals surface area (Å²) >= 11 is 0. The molecule has 0 radical (unpaired) electrons. The summed E-state index contributed by atoms with van der Waals surface area (Å²) in [6, 6.07) is 10.4. The number of amides is 1. The van der Waals surface area contributed by atoms with Crippen LogP contribution in [0, 0.1) is 0 Å². The van der Waals surface area contributed by atoms with E-state index < -0.39 is 6.09 Å². The number of nitrogens with one attached hydrogen (secondary N) is 2. The van der Waals surface area contributed by atoms with Crippen LogP contribution in [-0.4, -0.2) is 47.5 Å². The lowest BCUT2D eigenvalue weighted by Gasteiger charge is -2.29. The van der Waals surface area contributed by atoms with Crippen molar-refractivity contribution < 1.29 is 19.4 Å². The molecule has 0 saturated carbocycles. The molecule has 0 spiro atoms. The number of anilines is 2. The molecule has 3 N–H and O–H groups in total. The number of carboxylic acid groups (broad SMARTS) is 1. The number of H-pyrrole nitrogens is 1. The first-order valence-corrected chi connectivity index (χ1v) is 8.72. The van der Waals surface area contributed by atoms with Gasteiger partial charge in [0.25, 0.3) is 5.56 Å². The van der Waals surface area contributed by atoms with Crippen LogP contribution in [0.2, 0.25) is 0 Å². The highest BCUT2D eigenvalue weighted by Gasteiger charge is 2.15. The van der Waals surface area contributed by atoms with E-state index in [1.54, 1.807) is 6.07 Å². The van der Waals surface area contributed by atoms with Crippen molar-refractivity contribution in [2.45, 2.75) is 0 Å². The second-order valence-electron chi connectivity index (χ2n) is 6.23. The topological polar surface area (TPSA) is 117 Å². The van der Waals surface area contributed by atoms with Crippen molar-refractivity contribution >= 4 is 28.4 Å². The molecule has 3 aromatic rings. The first-order valence-electron chi connectivity index (χ1n) is 8.72. The molecule has 1 aliphatic rings. The molecule has 4 rings (SSSR count). The van der Waals surface area contributed by atoms with E-state index in [0.717, 1.165) is 18.8 Å². The largest absolute Gasteiger partial charge is 0.465 e. The van der Waals surface area contributed by atoms with Gasteiger partial charge in [0.2, 0.25) is 0 Å². The minimum absolute atomic E-state index is 0.204. The fraction of sp³-hybridized carbons (Fsp3) is 0.211. The predicted octanol–water partition coefficient (Wildman–Crippen LogP) is 2.64. The highest BCUT2D eigenvalue weighted by atomic mass is 16.5. The zero-order chi connectivity index (χ0) is 19.5. The second kappa shape index (κ2) is 7.57. The second-order valence-corrected chi connectivity index (χ2v) is 6.23. The van der Waals surface area contributed by atoms with Gasteiger partial charge in [0.15, 0.2) is 5.75 Å². The van der Waals surface area contributed by atoms with Crippen molar-refractivity contribution in [3.63, 3.8) is 0 Å². The molecule has 1 fully saturated rings. The van der Waals surface area contributed by atoms with Crippen molar-refractivity contribution in [1.82, 2.24) is 9.97 Å². The van der Waals surface area contributed by atoms with Crippen LogP contribution in [0.4, 0.5) is 16.2 Å². The van der Waals surface area contributed by atoms with Crippen LogP contribution in [-0.2, 0) is 4.74 Å². The van der Waals surface area contributed by atoms with Gasteiger partial charge < -0.3 is 24.5 Å². The van der Waals surface area contributed by atoms with E-state index in [4.69, 9.17) is 14.6 Å². The standard InChI is InChI=1S/C19H18N4O5/c24-18-14-9-17(16(22-19(25)26)10-15(14)20-11-21-18)28-13-3-1-2-12(8-13)23-4-6-27-7-5-23/h1-3,8-11,22H,4-7H2,(H,25,26)(H,20,21,24). The van der Waals surface area contributed by atoms with Gasteiger partial charge in [-0.15, -0.1) is 0 Å². The first-order chi connectivity index (χ1) is 13.6. The molecule has 0 bridgehead atoms. The molecule has 9 nitrogen and oxygen atoms in total. The maximum absolute atomic E-state index is 12.1. The van der Waals surface area contributed by atoms with E-state index in [9.17, 15) is 9.59 Å². The van der Waals surface area contributed by atoms with Crippen molar-refractivity contribution in [3.05, 3.63) is 53.1 Å². The molecule has 1 saturated heterocycles. The van der Waals surface area contributed by atoms with E-state index >= 15 is 0 Å². The Morgan fingerprint density at radius 2 is 2.07 bits per heavy atom. The Balaban J connectivity index is 1.71. The summed E-state index contributed by atoms with van der Waals surface area (Å²) in [6.45, 7) is 2.90. The lowest BCUT2D eigenvalue weighted by Crippen LogP contribution is -2.36.